The summed E-state index contributed by atoms with van der Waals surface area (Å²) in [5.74, 6) is 1.16. The first kappa shape index (κ1) is 25.4. The van der Waals surface area contributed by atoms with Gasteiger partial charge in [0.15, 0.2) is 4.80 Å². The van der Waals surface area contributed by atoms with E-state index in [1.54, 1.807) is 50.8 Å². The Morgan fingerprint density at radius 3 is 2.47 bits per heavy atom. The number of rotatable bonds is 7. The molecule has 188 valence electrons. The predicted octanol–water partition coefficient (Wildman–Crippen LogP) is 3.94. The van der Waals surface area contributed by atoms with Crippen LogP contribution in [0.4, 0.5) is 0 Å². The Labute approximate surface area is 214 Å². The van der Waals surface area contributed by atoms with Crippen molar-refractivity contribution in [3.05, 3.63) is 90.1 Å². The second kappa shape index (κ2) is 10.5. The summed E-state index contributed by atoms with van der Waals surface area (Å²) in [6.07, 6.45) is 1.77. The van der Waals surface area contributed by atoms with E-state index in [9.17, 15) is 9.59 Å². The molecule has 0 amide bonds. The van der Waals surface area contributed by atoms with E-state index in [1.165, 1.54) is 16.9 Å². The Morgan fingerprint density at radius 1 is 1.14 bits per heavy atom. The van der Waals surface area contributed by atoms with Gasteiger partial charge in [-0.15, -0.1) is 0 Å². The zero-order valence-corrected chi connectivity index (χ0v) is 22.1. The zero-order chi connectivity index (χ0) is 26.0. The number of nitrogens with zero attached hydrogens (tertiary/aromatic N) is 2. The van der Waals surface area contributed by atoms with Gasteiger partial charge in [-0.2, -0.15) is 0 Å². The van der Waals surface area contributed by atoms with Crippen LogP contribution in [0.25, 0.3) is 6.08 Å². The summed E-state index contributed by atoms with van der Waals surface area (Å²) in [6, 6.07) is 12.8. The number of fused-ring (bicyclic) bond motifs is 1. The lowest BCUT2D eigenvalue weighted by atomic mass is 9.93. The van der Waals surface area contributed by atoms with Gasteiger partial charge in [0.25, 0.3) is 5.56 Å². The highest BCUT2D eigenvalue weighted by molar-refractivity contribution is 7.07. The lowest BCUT2D eigenvalue weighted by Crippen LogP contribution is -2.39. The molecule has 7 nitrogen and oxygen atoms in total. The van der Waals surface area contributed by atoms with Gasteiger partial charge >= 0.3 is 5.97 Å². The van der Waals surface area contributed by atoms with Crippen LogP contribution >= 0.6 is 11.3 Å². The maximum absolute atomic E-state index is 13.8. The van der Waals surface area contributed by atoms with Crippen LogP contribution in [0.2, 0.25) is 0 Å². The van der Waals surface area contributed by atoms with E-state index in [1.807, 2.05) is 30.3 Å². The van der Waals surface area contributed by atoms with Gasteiger partial charge in [0.1, 0.15) is 11.5 Å². The molecule has 0 radical (unpaired) electrons. The number of ether oxygens (including phenoxy) is 3. The lowest BCUT2D eigenvalue weighted by Gasteiger charge is -2.25. The highest BCUT2D eigenvalue weighted by atomic mass is 32.1. The molecule has 4 rings (SSSR count). The summed E-state index contributed by atoms with van der Waals surface area (Å²) < 4.78 is 18.3. The van der Waals surface area contributed by atoms with E-state index in [0.717, 1.165) is 5.56 Å². The van der Waals surface area contributed by atoms with Crippen LogP contribution in [0.15, 0.2) is 63.5 Å². The summed E-state index contributed by atoms with van der Waals surface area (Å²) in [5.41, 5.74) is 3.38. The van der Waals surface area contributed by atoms with Crippen LogP contribution < -0.4 is 24.4 Å². The fourth-order valence-electron chi connectivity index (χ4n) is 4.26. The minimum absolute atomic E-state index is 0.231. The standard InChI is InChI=1S/C28H30N2O5S/c1-7-35-27(32)24-17(4)29-28-30(25(24)19-10-8-18(9-11-19)16(2)3)26(31)23(36-28)15-20-14-21(33-5)12-13-22(20)34-6/h8-16,25H,7H2,1-6H3/t25-/m0/s1. The van der Waals surface area contributed by atoms with Gasteiger partial charge in [-0.05, 0) is 55.2 Å². The van der Waals surface area contributed by atoms with Crippen molar-refractivity contribution in [2.24, 2.45) is 4.99 Å². The van der Waals surface area contributed by atoms with Crippen molar-refractivity contribution in [2.75, 3.05) is 20.8 Å². The fraction of sp³-hybridized carbons (Fsp3) is 0.321. The van der Waals surface area contributed by atoms with Crippen molar-refractivity contribution in [2.45, 2.75) is 39.7 Å². The minimum atomic E-state index is -0.643. The second-order valence-corrected chi connectivity index (χ2v) is 9.74. The quantitative estimate of drug-likeness (QED) is 0.454. The lowest BCUT2D eigenvalue weighted by molar-refractivity contribution is -0.139. The molecule has 2 aromatic carbocycles. The Hall–Kier alpha value is -3.65. The molecule has 0 fully saturated rings. The van der Waals surface area contributed by atoms with Crippen molar-refractivity contribution >= 4 is 23.4 Å². The van der Waals surface area contributed by atoms with Crippen LogP contribution in [0, 0.1) is 0 Å². The first-order valence-corrected chi connectivity index (χ1v) is 12.6. The van der Waals surface area contributed by atoms with Crippen molar-refractivity contribution in [3.63, 3.8) is 0 Å². The molecular formula is C28H30N2O5S. The molecule has 0 bridgehead atoms. The molecular weight excluding hydrogens is 476 g/mol. The summed E-state index contributed by atoms with van der Waals surface area (Å²) in [6.45, 7) is 8.02. The topological polar surface area (TPSA) is 79.1 Å². The number of esters is 1. The smallest absolute Gasteiger partial charge is 0.338 e. The second-order valence-electron chi connectivity index (χ2n) is 8.73. The molecule has 0 spiro atoms. The average molecular weight is 507 g/mol. The third-order valence-electron chi connectivity index (χ3n) is 6.16. The summed E-state index contributed by atoms with van der Waals surface area (Å²) in [7, 11) is 3.17. The van der Waals surface area contributed by atoms with Crippen LogP contribution in [0.3, 0.4) is 0 Å². The van der Waals surface area contributed by atoms with Gasteiger partial charge in [0.05, 0.1) is 42.7 Å². The van der Waals surface area contributed by atoms with Gasteiger partial charge in [-0.1, -0.05) is 49.4 Å². The first-order valence-electron chi connectivity index (χ1n) is 11.8. The van der Waals surface area contributed by atoms with E-state index in [-0.39, 0.29) is 12.2 Å². The number of benzene rings is 2. The molecule has 1 atom stereocenters. The van der Waals surface area contributed by atoms with E-state index in [4.69, 9.17) is 14.2 Å². The Kier molecular flexibility index (Phi) is 7.45. The molecule has 2 heterocycles. The Bertz CT molecular complexity index is 1500. The number of hydrogen-bond donors (Lipinski definition) is 0. The van der Waals surface area contributed by atoms with E-state index in [0.29, 0.717) is 43.6 Å². The molecule has 1 aromatic heterocycles. The van der Waals surface area contributed by atoms with E-state index < -0.39 is 12.0 Å². The van der Waals surface area contributed by atoms with E-state index in [2.05, 4.69) is 18.8 Å². The van der Waals surface area contributed by atoms with Crippen LogP contribution in [-0.2, 0) is 9.53 Å². The Morgan fingerprint density at radius 2 is 1.86 bits per heavy atom. The first-order chi connectivity index (χ1) is 17.3. The largest absolute Gasteiger partial charge is 0.497 e. The third kappa shape index (κ3) is 4.73. The maximum atomic E-state index is 13.8. The molecule has 0 N–H and O–H groups in total. The van der Waals surface area contributed by atoms with Crippen molar-refractivity contribution in [1.29, 1.82) is 0 Å². The fourth-order valence-corrected chi connectivity index (χ4v) is 5.30. The molecule has 0 aliphatic carbocycles. The zero-order valence-electron chi connectivity index (χ0n) is 21.3. The number of methoxy groups -OCH3 is 2. The van der Waals surface area contributed by atoms with Crippen LogP contribution in [0.1, 0.15) is 56.3 Å². The van der Waals surface area contributed by atoms with E-state index >= 15 is 0 Å². The average Bonchev–Trinajstić information content (AvgIpc) is 3.17. The monoisotopic (exact) mass is 506 g/mol. The number of aromatic nitrogens is 1. The molecule has 1 aliphatic heterocycles. The highest BCUT2D eigenvalue weighted by Crippen LogP contribution is 2.31. The summed E-state index contributed by atoms with van der Waals surface area (Å²) >= 11 is 1.27. The number of hydrogen-bond acceptors (Lipinski definition) is 7. The molecule has 0 unspecified atom stereocenters. The van der Waals surface area contributed by atoms with Gasteiger partial charge in [-0.3, -0.25) is 9.36 Å². The third-order valence-corrected chi connectivity index (χ3v) is 7.14. The van der Waals surface area contributed by atoms with Crippen LogP contribution in [0.5, 0.6) is 11.5 Å². The van der Waals surface area contributed by atoms with Crippen molar-refractivity contribution in [3.8, 4) is 11.5 Å². The molecule has 3 aromatic rings. The number of thiazole rings is 1. The number of carbonyl (C=O) groups is 1. The van der Waals surface area contributed by atoms with Gasteiger partial charge in [-0.25, -0.2) is 9.79 Å². The maximum Gasteiger partial charge on any atom is 0.338 e. The SMILES string of the molecule is CCOC(=O)C1=C(C)N=c2sc(=Cc3cc(OC)ccc3OC)c(=O)n2[C@H]1c1ccc(C(C)C)cc1. The molecule has 8 heteroatoms. The number of carbonyl (C=O) groups excluding carboxylic acids is 1. The molecule has 0 saturated heterocycles. The van der Waals surface area contributed by atoms with Crippen molar-refractivity contribution in [1.82, 2.24) is 4.57 Å². The van der Waals surface area contributed by atoms with Crippen LogP contribution in [-0.4, -0.2) is 31.4 Å². The summed E-state index contributed by atoms with van der Waals surface area (Å²) in [5, 5.41) is 0. The molecule has 0 saturated carbocycles. The normalized spacial score (nSPS) is 15.5. The number of allylic oxidation sites excluding steroid dienone is 1. The highest BCUT2D eigenvalue weighted by Gasteiger charge is 2.33. The van der Waals surface area contributed by atoms with Crippen molar-refractivity contribution < 1.29 is 19.0 Å². The van der Waals surface area contributed by atoms with Gasteiger partial charge in [0.2, 0.25) is 0 Å². The molecule has 1 aliphatic rings. The predicted molar refractivity (Wildman–Crippen MR) is 140 cm³/mol. The Balaban J connectivity index is 1.95. The minimum Gasteiger partial charge on any atom is -0.497 e. The van der Waals surface area contributed by atoms with Gasteiger partial charge < -0.3 is 14.2 Å². The van der Waals surface area contributed by atoms with Gasteiger partial charge in [0, 0.05) is 5.56 Å². The molecule has 36 heavy (non-hydrogen) atoms. The summed E-state index contributed by atoms with van der Waals surface area (Å²) in [4.78, 5) is 32.0.